The number of anilines is 1. The van der Waals surface area contributed by atoms with Crippen molar-refractivity contribution in [3.63, 3.8) is 0 Å². The Morgan fingerprint density at radius 3 is 2.89 bits per heavy atom. The number of carbonyl (C=O) groups excluding carboxylic acids is 3. The summed E-state index contributed by atoms with van der Waals surface area (Å²) in [4.78, 5) is 38.3. The summed E-state index contributed by atoms with van der Waals surface area (Å²) in [5.41, 5.74) is 3.22. The molecule has 0 saturated heterocycles. The SMILES string of the molecule is C[C@H]1CCc2sc(C(=O)OCC(=O)c3ccc4c(c3)[C@@H](C)C(=O)N4)cc2C1. The number of ketones is 1. The van der Waals surface area contributed by atoms with Gasteiger partial charge in [0.25, 0.3) is 0 Å². The molecule has 2 aliphatic rings. The second kappa shape index (κ2) is 6.93. The van der Waals surface area contributed by atoms with E-state index >= 15 is 0 Å². The van der Waals surface area contributed by atoms with E-state index in [1.807, 2.05) is 6.07 Å². The summed E-state index contributed by atoms with van der Waals surface area (Å²) in [7, 11) is 0. The van der Waals surface area contributed by atoms with Crippen molar-refractivity contribution in [2.75, 3.05) is 11.9 Å². The molecule has 2 atom stereocenters. The van der Waals surface area contributed by atoms with Gasteiger partial charge in [0, 0.05) is 16.1 Å². The average molecular weight is 383 g/mol. The number of carbonyl (C=O) groups is 3. The third-order valence-corrected chi connectivity index (χ3v) is 6.57. The second-order valence-electron chi connectivity index (χ2n) is 7.42. The van der Waals surface area contributed by atoms with E-state index in [0.29, 0.717) is 16.4 Å². The zero-order valence-corrected chi connectivity index (χ0v) is 16.2. The molecule has 1 aliphatic heterocycles. The Bertz CT molecular complexity index is 946. The highest BCUT2D eigenvalue weighted by Gasteiger charge is 2.27. The van der Waals surface area contributed by atoms with E-state index in [1.165, 1.54) is 21.8 Å². The van der Waals surface area contributed by atoms with Crippen LogP contribution in [0.15, 0.2) is 24.3 Å². The van der Waals surface area contributed by atoms with Gasteiger partial charge in [-0.25, -0.2) is 4.79 Å². The van der Waals surface area contributed by atoms with E-state index in [0.717, 1.165) is 30.5 Å². The first-order chi connectivity index (χ1) is 12.9. The van der Waals surface area contributed by atoms with Gasteiger partial charge in [-0.15, -0.1) is 11.3 Å². The Kier molecular flexibility index (Phi) is 4.60. The molecule has 0 unspecified atom stereocenters. The van der Waals surface area contributed by atoms with Gasteiger partial charge in [-0.05, 0) is 67.5 Å². The molecular weight excluding hydrogens is 362 g/mol. The lowest BCUT2D eigenvalue weighted by atomic mass is 9.90. The topological polar surface area (TPSA) is 72.5 Å². The standard InChI is InChI=1S/C21H21NO4S/c1-11-3-6-18-14(7-11)9-19(27-18)21(25)26-10-17(23)13-4-5-16-15(8-13)12(2)20(24)22-16/h4-5,8-9,11-12H,3,6-7,10H2,1-2H3,(H,22,24)/t11-,12+/m0/s1. The van der Waals surface area contributed by atoms with Crippen LogP contribution in [-0.4, -0.2) is 24.3 Å². The molecule has 1 aliphatic carbocycles. The van der Waals surface area contributed by atoms with Gasteiger partial charge in [-0.2, -0.15) is 0 Å². The molecule has 5 nitrogen and oxygen atoms in total. The maximum absolute atomic E-state index is 12.4. The van der Waals surface area contributed by atoms with E-state index < -0.39 is 5.97 Å². The fraction of sp³-hybridized carbons (Fsp3) is 0.381. The van der Waals surface area contributed by atoms with E-state index in [9.17, 15) is 14.4 Å². The highest BCUT2D eigenvalue weighted by Crippen LogP contribution is 2.34. The van der Waals surface area contributed by atoms with Crippen LogP contribution in [0.25, 0.3) is 0 Å². The Labute approximate surface area is 161 Å². The zero-order valence-electron chi connectivity index (χ0n) is 15.3. The first-order valence-corrected chi connectivity index (χ1v) is 10.0. The van der Waals surface area contributed by atoms with Gasteiger partial charge in [-0.3, -0.25) is 9.59 Å². The van der Waals surface area contributed by atoms with Crippen LogP contribution < -0.4 is 5.32 Å². The summed E-state index contributed by atoms with van der Waals surface area (Å²) in [6, 6.07) is 7.00. The molecule has 0 radical (unpaired) electrons. The summed E-state index contributed by atoms with van der Waals surface area (Å²) in [6.07, 6.45) is 3.15. The fourth-order valence-corrected chi connectivity index (χ4v) is 4.78. The summed E-state index contributed by atoms with van der Waals surface area (Å²) < 4.78 is 5.26. The smallest absolute Gasteiger partial charge is 0.348 e. The Hall–Kier alpha value is -2.47. The van der Waals surface area contributed by atoms with Gasteiger partial charge in [0.15, 0.2) is 12.4 Å². The number of nitrogens with one attached hydrogen (secondary N) is 1. The minimum atomic E-state index is -0.443. The van der Waals surface area contributed by atoms with Crippen LogP contribution in [0, 0.1) is 5.92 Å². The highest BCUT2D eigenvalue weighted by molar-refractivity contribution is 7.14. The number of rotatable bonds is 4. The van der Waals surface area contributed by atoms with Crippen LogP contribution in [0.3, 0.4) is 0 Å². The molecule has 2 aromatic rings. The predicted molar refractivity (Wildman–Crippen MR) is 104 cm³/mol. The summed E-state index contributed by atoms with van der Waals surface area (Å²) >= 11 is 1.48. The molecule has 2 heterocycles. The number of ether oxygens (including phenoxy) is 1. The predicted octanol–water partition coefficient (Wildman–Crippen LogP) is 3.97. The Morgan fingerprint density at radius 2 is 2.07 bits per heavy atom. The van der Waals surface area contributed by atoms with Crippen LogP contribution in [0.4, 0.5) is 5.69 Å². The maximum atomic E-state index is 12.4. The van der Waals surface area contributed by atoms with E-state index in [4.69, 9.17) is 4.74 Å². The number of fused-ring (bicyclic) bond motifs is 2. The molecule has 1 amide bonds. The molecule has 1 N–H and O–H groups in total. The normalized spacial score (nSPS) is 20.6. The summed E-state index contributed by atoms with van der Waals surface area (Å²) in [6.45, 7) is 3.72. The molecule has 1 aromatic carbocycles. The average Bonchev–Trinajstić information content (AvgIpc) is 3.20. The van der Waals surface area contributed by atoms with Crippen LogP contribution >= 0.6 is 11.3 Å². The summed E-state index contributed by atoms with van der Waals surface area (Å²) in [5, 5.41) is 2.78. The van der Waals surface area contributed by atoms with E-state index in [2.05, 4.69) is 12.2 Å². The highest BCUT2D eigenvalue weighted by atomic mass is 32.1. The van der Waals surface area contributed by atoms with Gasteiger partial charge in [0.05, 0.1) is 5.92 Å². The van der Waals surface area contributed by atoms with Crippen molar-refractivity contribution in [2.24, 2.45) is 5.92 Å². The molecule has 0 bridgehead atoms. The molecule has 27 heavy (non-hydrogen) atoms. The monoisotopic (exact) mass is 383 g/mol. The molecule has 0 spiro atoms. The van der Waals surface area contributed by atoms with Crippen molar-refractivity contribution < 1.29 is 19.1 Å². The number of thiophene rings is 1. The Morgan fingerprint density at radius 1 is 1.26 bits per heavy atom. The van der Waals surface area contributed by atoms with Crippen LogP contribution in [-0.2, 0) is 22.4 Å². The van der Waals surface area contributed by atoms with E-state index in [-0.39, 0.29) is 24.2 Å². The van der Waals surface area contributed by atoms with E-state index in [1.54, 1.807) is 25.1 Å². The lowest BCUT2D eigenvalue weighted by Gasteiger charge is -2.16. The molecule has 0 fully saturated rings. The number of aryl methyl sites for hydroxylation is 1. The van der Waals surface area contributed by atoms with Crippen LogP contribution in [0.5, 0.6) is 0 Å². The zero-order chi connectivity index (χ0) is 19.1. The van der Waals surface area contributed by atoms with Crippen molar-refractivity contribution in [3.8, 4) is 0 Å². The van der Waals surface area contributed by atoms with Crippen molar-refractivity contribution in [1.29, 1.82) is 0 Å². The maximum Gasteiger partial charge on any atom is 0.348 e. The molecule has 140 valence electrons. The quantitative estimate of drug-likeness (QED) is 0.640. The molecule has 6 heteroatoms. The number of esters is 1. The lowest BCUT2D eigenvalue weighted by molar-refractivity contribution is -0.116. The molecular formula is C21H21NO4S. The third-order valence-electron chi connectivity index (χ3n) is 5.36. The largest absolute Gasteiger partial charge is 0.453 e. The first kappa shape index (κ1) is 17.9. The van der Waals surface area contributed by atoms with Crippen molar-refractivity contribution in [2.45, 2.75) is 39.0 Å². The van der Waals surface area contributed by atoms with Gasteiger partial charge in [0.2, 0.25) is 5.91 Å². The molecule has 0 saturated carbocycles. The van der Waals surface area contributed by atoms with Gasteiger partial charge < -0.3 is 10.1 Å². The Balaban J connectivity index is 1.41. The molecule has 4 rings (SSSR count). The van der Waals surface area contributed by atoms with Gasteiger partial charge in [-0.1, -0.05) is 6.92 Å². The van der Waals surface area contributed by atoms with Gasteiger partial charge in [0.1, 0.15) is 4.88 Å². The molecule has 1 aromatic heterocycles. The van der Waals surface area contributed by atoms with Crippen molar-refractivity contribution >= 4 is 34.7 Å². The second-order valence-corrected chi connectivity index (χ2v) is 8.56. The van der Waals surface area contributed by atoms with Crippen LogP contribution in [0.1, 0.15) is 62.2 Å². The minimum absolute atomic E-state index is 0.0722. The first-order valence-electron chi connectivity index (χ1n) is 9.19. The van der Waals surface area contributed by atoms with Crippen molar-refractivity contribution in [1.82, 2.24) is 0 Å². The minimum Gasteiger partial charge on any atom is -0.453 e. The number of hydrogen-bond acceptors (Lipinski definition) is 5. The number of hydrogen-bond donors (Lipinski definition) is 1. The van der Waals surface area contributed by atoms with Crippen molar-refractivity contribution in [3.05, 3.63) is 50.7 Å². The number of amides is 1. The van der Waals surface area contributed by atoms with Crippen LogP contribution in [0.2, 0.25) is 0 Å². The lowest BCUT2D eigenvalue weighted by Crippen LogP contribution is -2.14. The number of Topliss-reactive ketones (excluding diaryl/α,β-unsaturated/α-hetero) is 1. The summed E-state index contributed by atoms with van der Waals surface area (Å²) in [5.74, 6) is -0.428. The third kappa shape index (κ3) is 3.41. The fourth-order valence-electron chi connectivity index (χ4n) is 3.68. The number of benzene rings is 1. The van der Waals surface area contributed by atoms with Gasteiger partial charge >= 0.3 is 5.97 Å².